The number of nitrogens with two attached hydrogens (primary N) is 1. The number of nitrogens with zero attached hydrogens (tertiary/aromatic N) is 1. The standard InChI is InChI=1S/C23H30N4O5/c1-25-22(30)20-12-16(21(29)26-18-7-5-17(24)6-8-18)14-27(23(20)31)13-15-3-2-4-19(11-15)32-10-9-28/h2-4,11-12,14,17-18,28H,5-10,13,24H2,1H3,(H,25,30)(H,26,29). The molecule has 32 heavy (non-hydrogen) atoms. The van der Waals surface area contributed by atoms with Gasteiger partial charge in [-0.25, -0.2) is 0 Å². The number of rotatable bonds is 8. The summed E-state index contributed by atoms with van der Waals surface area (Å²) < 4.78 is 6.77. The fourth-order valence-corrected chi connectivity index (χ4v) is 3.80. The SMILES string of the molecule is CNC(=O)c1cc(C(=O)NC2CCC(N)CC2)cn(Cc2cccc(OCCO)c2)c1=O. The van der Waals surface area contributed by atoms with Crippen LogP contribution in [0.5, 0.6) is 5.75 Å². The maximum absolute atomic E-state index is 12.9. The number of amides is 2. The van der Waals surface area contributed by atoms with Crippen molar-refractivity contribution in [2.75, 3.05) is 20.3 Å². The minimum absolute atomic E-state index is 0.0199. The van der Waals surface area contributed by atoms with Crippen LogP contribution in [-0.4, -0.2) is 53.8 Å². The van der Waals surface area contributed by atoms with Crippen molar-refractivity contribution in [3.05, 3.63) is 63.6 Å². The Bertz CT molecular complexity index is 1010. The number of nitrogens with one attached hydrogen (secondary N) is 2. The molecule has 0 unspecified atom stereocenters. The average molecular weight is 443 g/mol. The number of pyridine rings is 1. The van der Waals surface area contributed by atoms with Gasteiger partial charge in [0, 0.05) is 25.3 Å². The van der Waals surface area contributed by atoms with E-state index in [0.717, 1.165) is 31.2 Å². The van der Waals surface area contributed by atoms with Crippen molar-refractivity contribution in [2.24, 2.45) is 5.73 Å². The van der Waals surface area contributed by atoms with E-state index in [9.17, 15) is 14.4 Å². The molecule has 3 rings (SSSR count). The number of carbonyl (C=O) groups excluding carboxylic acids is 2. The highest BCUT2D eigenvalue weighted by Gasteiger charge is 2.22. The molecule has 0 bridgehead atoms. The fourth-order valence-electron chi connectivity index (χ4n) is 3.80. The summed E-state index contributed by atoms with van der Waals surface area (Å²) >= 11 is 0. The molecule has 1 aliphatic carbocycles. The largest absolute Gasteiger partial charge is 0.491 e. The summed E-state index contributed by atoms with van der Waals surface area (Å²) in [6.07, 6.45) is 4.77. The van der Waals surface area contributed by atoms with Gasteiger partial charge in [-0.3, -0.25) is 14.4 Å². The second-order valence-corrected chi connectivity index (χ2v) is 7.96. The molecule has 9 heteroatoms. The van der Waals surface area contributed by atoms with Crippen molar-refractivity contribution in [1.29, 1.82) is 0 Å². The summed E-state index contributed by atoms with van der Waals surface area (Å²) in [5, 5.41) is 14.4. The van der Waals surface area contributed by atoms with Crippen molar-refractivity contribution < 1.29 is 19.4 Å². The van der Waals surface area contributed by atoms with Gasteiger partial charge in [-0.05, 0) is 49.4 Å². The molecule has 172 valence electrons. The van der Waals surface area contributed by atoms with Gasteiger partial charge in [0.15, 0.2) is 0 Å². The Balaban J connectivity index is 1.87. The molecule has 1 heterocycles. The minimum Gasteiger partial charge on any atom is -0.491 e. The lowest BCUT2D eigenvalue weighted by Gasteiger charge is -2.27. The molecule has 1 saturated carbocycles. The molecular weight excluding hydrogens is 412 g/mol. The van der Waals surface area contributed by atoms with Crippen LogP contribution in [0, 0.1) is 0 Å². The van der Waals surface area contributed by atoms with E-state index >= 15 is 0 Å². The second kappa shape index (κ2) is 10.9. The van der Waals surface area contributed by atoms with E-state index in [1.54, 1.807) is 18.2 Å². The first-order chi connectivity index (χ1) is 15.4. The van der Waals surface area contributed by atoms with Gasteiger partial charge in [0.25, 0.3) is 17.4 Å². The highest BCUT2D eigenvalue weighted by atomic mass is 16.5. The van der Waals surface area contributed by atoms with Gasteiger partial charge < -0.3 is 30.8 Å². The van der Waals surface area contributed by atoms with Crippen molar-refractivity contribution in [1.82, 2.24) is 15.2 Å². The quantitative estimate of drug-likeness (QED) is 0.473. The van der Waals surface area contributed by atoms with Crippen molar-refractivity contribution in [3.8, 4) is 5.75 Å². The Morgan fingerprint density at radius 2 is 1.94 bits per heavy atom. The monoisotopic (exact) mass is 442 g/mol. The number of aliphatic hydroxyl groups excluding tert-OH is 1. The molecule has 1 aliphatic rings. The molecule has 1 aromatic heterocycles. The van der Waals surface area contributed by atoms with Crippen molar-refractivity contribution in [3.63, 3.8) is 0 Å². The maximum atomic E-state index is 12.9. The zero-order valence-corrected chi connectivity index (χ0v) is 18.2. The molecule has 2 amide bonds. The Kier molecular flexibility index (Phi) is 8.02. The first-order valence-corrected chi connectivity index (χ1v) is 10.8. The van der Waals surface area contributed by atoms with Crippen LogP contribution in [-0.2, 0) is 6.54 Å². The molecule has 0 atom stereocenters. The van der Waals surface area contributed by atoms with Crippen molar-refractivity contribution in [2.45, 2.75) is 44.3 Å². The summed E-state index contributed by atoms with van der Waals surface area (Å²) in [6.45, 7) is 0.202. The third kappa shape index (κ3) is 5.95. The van der Waals surface area contributed by atoms with Gasteiger partial charge in [0.2, 0.25) is 0 Å². The summed E-state index contributed by atoms with van der Waals surface area (Å²) in [6, 6.07) is 8.61. The molecule has 0 radical (unpaired) electrons. The van der Waals surface area contributed by atoms with E-state index in [1.165, 1.54) is 23.9 Å². The number of benzene rings is 1. The Hall–Kier alpha value is -3.17. The molecule has 1 aromatic carbocycles. The van der Waals surface area contributed by atoms with Gasteiger partial charge in [-0.15, -0.1) is 0 Å². The molecule has 0 aliphatic heterocycles. The highest BCUT2D eigenvalue weighted by Crippen LogP contribution is 2.18. The minimum atomic E-state index is -0.554. The molecule has 1 fully saturated rings. The van der Waals surface area contributed by atoms with Crippen LogP contribution in [0.2, 0.25) is 0 Å². The number of ether oxygens (including phenoxy) is 1. The van der Waals surface area contributed by atoms with Gasteiger partial charge >= 0.3 is 0 Å². The first-order valence-electron chi connectivity index (χ1n) is 10.8. The number of hydrogen-bond donors (Lipinski definition) is 4. The number of carbonyl (C=O) groups is 2. The van der Waals surface area contributed by atoms with Crippen LogP contribution >= 0.6 is 0 Å². The topological polar surface area (TPSA) is 136 Å². The van der Waals surface area contributed by atoms with Gasteiger partial charge in [0.05, 0.1) is 18.7 Å². The average Bonchev–Trinajstić information content (AvgIpc) is 2.80. The molecule has 0 spiro atoms. The summed E-state index contributed by atoms with van der Waals surface area (Å²) in [4.78, 5) is 38.1. The number of hydrogen-bond acceptors (Lipinski definition) is 6. The van der Waals surface area contributed by atoms with E-state index in [1.807, 2.05) is 6.07 Å². The summed E-state index contributed by atoms with van der Waals surface area (Å²) in [5.41, 5.74) is 6.34. The zero-order valence-electron chi connectivity index (χ0n) is 18.2. The van der Waals surface area contributed by atoms with Gasteiger partial charge in [-0.1, -0.05) is 12.1 Å². The number of aliphatic hydroxyl groups is 1. The maximum Gasteiger partial charge on any atom is 0.263 e. The Labute approximate surface area is 186 Å². The van der Waals surface area contributed by atoms with Crippen LogP contribution in [0.1, 0.15) is 52.0 Å². The van der Waals surface area contributed by atoms with E-state index < -0.39 is 11.5 Å². The Morgan fingerprint density at radius 1 is 1.19 bits per heavy atom. The van der Waals surface area contributed by atoms with Crippen molar-refractivity contribution >= 4 is 11.8 Å². The third-order valence-electron chi connectivity index (χ3n) is 5.54. The predicted octanol–water partition coefficient (Wildman–Crippen LogP) is 0.627. The second-order valence-electron chi connectivity index (χ2n) is 7.96. The van der Waals surface area contributed by atoms with Crippen LogP contribution in [0.3, 0.4) is 0 Å². The first kappa shape index (κ1) is 23.5. The molecule has 2 aromatic rings. The van der Waals surface area contributed by atoms with Crippen LogP contribution in [0.4, 0.5) is 0 Å². The lowest BCUT2D eigenvalue weighted by molar-refractivity contribution is 0.0925. The fraction of sp³-hybridized carbons (Fsp3) is 0.435. The third-order valence-corrected chi connectivity index (χ3v) is 5.54. The zero-order chi connectivity index (χ0) is 23.1. The molecule has 0 saturated heterocycles. The normalized spacial score (nSPS) is 18.1. The predicted molar refractivity (Wildman–Crippen MR) is 120 cm³/mol. The van der Waals surface area contributed by atoms with Gasteiger partial charge in [-0.2, -0.15) is 0 Å². The van der Waals surface area contributed by atoms with Crippen LogP contribution in [0.15, 0.2) is 41.3 Å². The molecule has 9 nitrogen and oxygen atoms in total. The summed E-state index contributed by atoms with van der Waals surface area (Å²) in [7, 11) is 1.44. The van der Waals surface area contributed by atoms with Crippen LogP contribution in [0.25, 0.3) is 0 Å². The molecular formula is C23H30N4O5. The van der Waals surface area contributed by atoms with E-state index in [-0.39, 0.29) is 48.9 Å². The van der Waals surface area contributed by atoms with E-state index in [0.29, 0.717) is 5.75 Å². The number of aromatic nitrogens is 1. The van der Waals surface area contributed by atoms with E-state index in [2.05, 4.69) is 10.6 Å². The molecule has 5 N–H and O–H groups in total. The van der Waals surface area contributed by atoms with E-state index in [4.69, 9.17) is 15.6 Å². The lowest BCUT2D eigenvalue weighted by atomic mass is 9.91. The smallest absolute Gasteiger partial charge is 0.263 e. The Morgan fingerprint density at radius 3 is 2.62 bits per heavy atom. The highest BCUT2D eigenvalue weighted by molar-refractivity contribution is 5.99. The lowest BCUT2D eigenvalue weighted by Crippen LogP contribution is -2.41. The van der Waals surface area contributed by atoms with Crippen LogP contribution < -0.4 is 26.7 Å². The summed E-state index contributed by atoms with van der Waals surface area (Å²) in [5.74, 6) is -0.327. The van der Waals surface area contributed by atoms with Gasteiger partial charge in [0.1, 0.15) is 17.9 Å².